The maximum Gasteiger partial charge on any atom is 0.223 e. The highest BCUT2D eigenvalue weighted by atomic mass is 16.2. The number of carbonyl (C=O) groups excluding carboxylic acids is 4. The van der Waals surface area contributed by atoms with Crippen molar-refractivity contribution in [1.29, 1.82) is 0 Å². The summed E-state index contributed by atoms with van der Waals surface area (Å²) in [5, 5.41) is 11.8. The molecule has 0 bridgehead atoms. The summed E-state index contributed by atoms with van der Waals surface area (Å²) in [5.41, 5.74) is 0. The Morgan fingerprint density at radius 1 is 0.500 bits per heavy atom. The summed E-state index contributed by atoms with van der Waals surface area (Å²) < 4.78 is 0. The summed E-state index contributed by atoms with van der Waals surface area (Å²) in [6.45, 7) is 5.49. The van der Waals surface area contributed by atoms with Crippen LogP contribution in [0.1, 0.15) is 78.1 Å². The average Bonchev–Trinajstić information content (AvgIpc) is 2.84. The standard InChI is InChI=1S/C26H44N4O4/c1-17-15-19-7-3-4-8-20(19)16-18(2)24(32)28-12-14-30-26(34)22-10-6-5-9-21(22)25(33)29-13-11-27-23(17)31/h17-22H,3-16H2,1-2H3,(H,27,31)(H,28,32)(H,29,33)(H,30,34). The van der Waals surface area contributed by atoms with Crippen LogP contribution in [0.15, 0.2) is 0 Å². The third-order valence-corrected chi connectivity index (χ3v) is 8.16. The van der Waals surface area contributed by atoms with E-state index in [9.17, 15) is 19.2 Å². The van der Waals surface area contributed by atoms with E-state index in [1.54, 1.807) is 0 Å². The number of rotatable bonds is 0. The van der Waals surface area contributed by atoms with E-state index in [2.05, 4.69) is 21.3 Å². The number of nitrogens with one attached hydrogen (secondary N) is 4. The Hall–Kier alpha value is -2.12. The highest BCUT2D eigenvalue weighted by Crippen LogP contribution is 2.38. The first kappa shape index (κ1) is 26.5. The minimum absolute atomic E-state index is 0.0219. The van der Waals surface area contributed by atoms with Crippen molar-refractivity contribution >= 4 is 23.6 Å². The second kappa shape index (κ2) is 13.1. The van der Waals surface area contributed by atoms with Gasteiger partial charge in [0.2, 0.25) is 23.6 Å². The monoisotopic (exact) mass is 476 g/mol. The number of hydrogen-bond donors (Lipinski definition) is 4. The molecule has 3 rings (SSSR count). The van der Waals surface area contributed by atoms with E-state index in [4.69, 9.17) is 0 Å². The SMILES string of the molecule is CC1CC2CCCCC2CC(C)C(=O)NCCNC(=O)C2CCCCC2C(=O)NCCNC1=O. The van der Waals surface area contributed by atoms with Crippen LogP contribution in [0, 0.1) is 35.5 Å². The number of amides is 4. The first-order valence-corrected chi connectivity index (χ1v) is 13.5. The van der Waals surface area contributed by atoms with Crippen LogP contribution in [0.2, 0.25) is 0 Å². The van der Waals surface area contributed by atoms with E-state index in [-0.39, 0.29) is 47.3 Å². The second-order valence-electron chi connectivity index (χ2n) is 10.7. The third-order valence-electron chi connectivity index (χ3n) is 8.16. The topological polar surface area (TPSA) is 116 Å². The molecule has 6 atom stereocenters. The van der Waals surface area contributed by atoms with Gasteiger partial charge in [0.1, 0.15) is 0 Å². The van der Waals surface area contributed by atoms with Crippen LogP contribution in [0.5, 0.6) is 0 Å². The smallest absolute Gasteiger partial charge is 0.223 e. The molecule has 4 N–H and O–H groups in total. The zero-order valence-electron chi connectivity index (χ0n) is 21.0. The van der Waals surface area contributed by atoms with Crippen molar-refractivity contribution < 1.29 is 19.2 Å². The molecule has 8 heteroatoms. The van der Waals surface area contributed by atoms with Gasteiger partial charge in [-0.1, -0.05) is 52.4 Å². The van der Waals surface area contributed by atoms with Gasteiger partial charge in [0, 0.05) is 49.9 Å². The minimum Gasteiger partial charge on any atom is -0.354 e. The molecule has 8 nitrogen and oxygen atoms in total. The van der Waals surface area contributed by atoms with Crippen LogP contribution < -0.4 is 21.3 Å². The van der Waals surface area contributed by atoms with Crippen molar-refractivity contribution in [1.82, 2.24) is 21.3 Å². The van der Waals surface area contributed by atoms with Crippen LogP contribution in [0.3, 0.4) is 0 Å². The van der Waals surface area contributed by atoms with E-state index in [0.29, 0.717) is 50.9 Å². The normalized spacial score (nSPS) is 35.5. The van der Waals surface area contributed by atoms with Crippen molar-refractivity contribution in [3.05, 3.63) is 0 Å². The molecule has 0 aromatic rings. The van der Waals surface area contributed by atoms with Gasteiger partial charge in [-0.05, 0) is 37.5 Å². The Morgan fingerprint density at radius 2 is 0.824 bits per heavy atom. The molecule has 192 valence electrons. The van der Waals surface area contributed by atoms with E-state index >= 15 is 0 Å². The molecule has 3 fully saturated rings. The van der Waals surface area contributed by atoms with Crippen LogP contribution in [-0.4, -0.2) is 49.8 Å². The van der Waals surface area contributed by atoms with Crippen molar-refractivity contribution in [2.75, 3.05) is 26.2 Å². The van der Waals surface area contributed by atoms with Crippen LogP contribution in [0.25, 0.3) is 0 Å². The number of carbonyl (C=O) groups is 4. The van der Waals surface area contributed by atoms with Gasteiger partial charge in [0.15, 0.2) is 0 Å². The van der Waals surface area contributed by atoms with Crippen molar-refractivity contribution in [2.45, 2.75) is 78.1 Å². The molecule has 6 unspecified atom stereocenters. The zero-order chi connectivity index (χ0) is 24.5. The minimum atomic E-state index is -0.341. The molecule has 0 spiro atoms. The summed E-state index contributed by atoms with van der Waals surface area (Å²) in [5.74, 6) is -0.131. The Balaban J connectivity index is 1.66. The highest BCUT2D eigenvalue weighted by Gasteiger charge is 2.35. The van der Waals surface area contributed by atoms with Gasteiger partial charge in [0.25, 0.3) is 0 Å². The first-order chi connectivity index (χ1) is 16.4. The fraction of sp³-hybridized carbons (Fsp3) is 0.846. The molecule has 1 heterocycles. The van der Waals surface area contributed by atoms with Gasteiger partial charge in [-0.2, -0.15) is 0 Å². The zero-order valence-corrected chi connectivity index (χ0v) is 21.0. The largest absolute Gasteiger partial charge is 0.354 e. The van der Waals surface area contributed by atoms with Gasteiger partial charge in [0.05, 0.1) is 0 Å². The fourth-order valence-electron chi connectivity index (χ4n) is 6.14. The van der Waals surface area contributed by atoms with E-state index in [1.807, 2.05) is 13.8 Å². The summed E-state index contributed by atoms with van der Waals surface area (Å²) >= 11 is 0. The summed E-state index contributed by atoms with van der Waals surface area (Å²) in [6.07, 6.45) is 9.54. The molecular formula is C26H44N4O4. The molecular weight excluding hydrogens is 432 g/mol. The Labute approximate surface area is 204 Å². The van der Waals surface area contributed by atoms with Crippen LogP contribution >= 0.6 is 0 Å². The predicted octanol–water partition coefficient (Wildman–Crippen LogP) is 2.13. The quantitative estimate of drug-likeness (QED) is 0.429. The van der Waals surface area contributed by atoms with E-state index in [0.717, 1.165) is 38.5 Å². The van der Waals surface area contributed by atoms with Crippen molar-refractivity contribution in [3.8, 4) is 0 Å². The maximum absolute atomic E-state index is 12.8. The van der Waals surface area contributed by atoms with Gasteiger partial charge in [-0.15, -0.1) is 0 Å². The molecule has 4 amide bonds. The Morgan fingerprint density at radius 3 is 1.21 bits per heavy atom. The highest BCUT2D eigenvalue weighted by molar-refractivity contribution is 5.88. The molecule has 2 aliphatic carbocycles. The first-order valence-electron chi connectivity index (χ1n) is 13.5. The number of hydrogen-bond acceptors (Lipinski definition) is 4. The summed E-state index contributed by atoms with van der Waals surface area (Å²) in [6, 6.07) is 0. The maximum atomic E-state index is 12.8. The predicted molar refractivity (Wildman–Crippen MR) is 130 cm³/mol. The Kier molecular flexibility index (Phi) is 10.2. The van der Waals surface area contributed by atoms with Crippen LogP contribution in [-0.2, 0) is 19.2 Å². The Bertz CT molecular complexity index is 668. The van der Waals surface area contributed by atoms with Crippen LogP contribution in [0.4, 0.5) is 0 Å². The van der Waals surface area contributed by atoms with Crippen molar-refractivity contribution in [3.63, 3.8) is 0 Å². The van der Waals surface area contributed by atoms with Crippen molar-refractivity contribution in [2.24, 2.45) is 35.5 Å². The molecule has 34 heavy (non-hydrogen) atoms. The summed E-state index contributed by atoms with van der Waals surface area (Å²) in [7, 11) is 0. The fourth-order valence-corrected chi connectivity index (χ4v) is 6.14. The van der Waals surface area contributed by atoms with Gasteiger partial charge >= 0.3 is 0 Å². The lowest BCUT2D eigenvalue weighted by Crippen LogP contribution is -2.47. The summed E-state index contributed by atoms with van der Waals surface area (Å²) in [4.78, 5) is 51.0. The average molecular weight is 477 g/mol. The molecule has 0 aromatic carbocycles. The van der Waals surface area contributed by atoms with Gasteiger partial charge in [-0.25, -0.2) is 0 Å². The molecule has 0 radical (unpaired) electrons. The second-order valence-corrected chi connectivity index (χ2v) is 10.7. The number of fused-ring (bicyclic) bond motifs is 2. The third kappa shape index (κ3) is 7.44. The lowest BCUT2D eigenvalue weighted by molar-refractivity contribution is -0.136. The van der Waals surface area contributed by atoms with Gasteiger partial charge in [-0.3, -0.25) is 19.2 Å². The molecule has 3 aliphatic rings. The molecule has 1 saturated heterocycles. The molecule has 1 aliphatic heterocycles. The van der Waals surface area contributed by atoms with Gasteiger partial charge < -0.3 is 21.3 Å². The lowest BCUT2D eigenvalue weighted by Gasteiger charge is -2.34. The van der Waals surface area contributed by atoms with E-state index < -0.39 is 0 Å². The van der Waals surface area contributed by atoms with E-state index in [1.165, 1.54) is 12.8 Å². The molecule has 2 saturated carbocycles. The lowest BCUT2D eigenvalue weighted by atomic mass is 9.71. The molecule has 0 aromatic heterocycles.